The molecule has 106 valence electrons. The average molecular weight is 348 g/mol. The van der Waals surface area contributed by atoms with Gasteiger partial charge in [0.2, 0.25) is 11.8 Å². The van der Waals surface area contributed by atoms with E-state index in [2.05, 4.69) is 31.2 Å². The van der Waals surface area contributed by atoms with Crippen molar-refractivity contribution in [2.24, 2.45) is 0 Å². The maximum atomic E-state index is 12.4. The van der Waals surface area contributed by atoms with Gasteiger partial charge in [-0.15, -0.1) is 0 Å². The Morgan fingerprint density at radius 1 is 1.20 bits per heavy atom. The molecule has 2 rings (SSSR count). The molecule has 0 amide bonds. The number of benzene rings is 1. The maximum Gasteiger partial charge on any atom is 0.416 e. The van der Waals surface area contributed by atoms with E-state index >= 15 is 0 Å². The molecule has 0 saturated heterocycles. The SMILES string of the molecule is CNc1ncc(Br)c(Oc2ccc(C(F)(F)F)cc2)n1. The van der Waals surface area contributed by atoms with Gasteiger partial charge in [0, 0.05) is 7.05 Å². The summed E-state index contributed by atoms with van der Waals surface area (Å²) in [6.45, 7) is 0. The van der Waals surface area contributed by atoms with E-state index in [1.807, 2.05) is 0 Å². The molecule has 4 nitrogen and oxygen atoms in total. The highest BCUT2D eigenvalue weighted by Crippen LogP contribution is 2.32. The zero-order valence-electron chi connectivity index (χ0n) is 10.2. The molecule has 20 heavy (non-hydrogen) atoms. The Hall–Kier alpha value is -1.83. The van der Waals surface area contributed by atoms with Crippen LogP contribution in [-0.2, 0) is 6.18 Å². The van der Waals surface area contributed by atoms with E-state index in [1.54, 1.807) is 7.05 Å². The Kier molecular flexibility index (Phi) is 4.12. The third-order valence-electron chi connectivity index (χ3n) is 2.33. The van der Waals surface area contributed by atoms with Crippen LogP contribution in [0.1, 0.15) is 5.56 Å². The van der Waals surface area contributed by atoms with E-state index in [4.69, 9.17) is 4.74 Å². The average Bonchev–Trinajstić information content (AvgIpc) is 2.41. The highest BCUT2D eigenvalue weighted by molar-refractivity contribution is 9.10. The van der Waals surface area contributed by atoms with Gasteiger partial charge >= 0.3 is 6.18 Å². The van der Waals surface area contributed by atoms with Crippen molar-refractivity contribution in [3.63, 3.8) is 0 Å². The van der Waals surface area contributed by atoms with Gasteiger partial charge in [0.1, 0.15) is 5.75 Å². The van der Waals surface area contributed by atoms with Gasteiger partial charge in [-0.2, -0.15) is 18.2 Å². The number of alkyl halides is 3. The molecule has 1 aromatic carbocycles. The number of hydrogen-bond donors (Lipinski definition) is 1. The smallest absolute Gasteiger partial charge is 0.416 e. The van der Waals surface area contributed by atoms with Crippen molar-refractivity contribution < 1.29 is 17.9 Å². The number of ether oxygens (including phenoxy) is 1. The van der Waals surface area contributed by atoms with Crippen molar-refractivity contribution in [1.82, 2.24) is 9.97 Å². The molecule has 0 aliphatic heterocycles. The predicted molar refractivity (Wildman–Crippen MR) is 70.8 cm³/mol. The van der Waals surface area contributed by atoms with Crippen LogP contribution in [0.3, 0.4) is 0 Å². The minimum Gasteiger partial charge on any atom is -0.438 e. The lowest BCUT2D eigenvalue weighted by molar-refractivity contribution is -0.137. The molecule has 0 radical (unpaired) electrons. The third-order valence-corrected chi connectivity index (χ3v) is 2.88. The van der Waals surface area contributed by atoms with Crippen LogP contribution in [0.25, 0.3) is 0 Å². The van der Waals surface area contributed by atoms with Gasteiger partial charge in [-0.1, -0.05) is 0 Å². The first-order chi connectivity index (χ1) is 9.40. The molecule has 0 spiro atoms. The van der Waals surface area contributed by atoms with Crippen molar-refractivity contribution in [2.45, 2.75) is 6.18 Å². The van der Waals surface area contributed by atoms with Crippen LogP contribution in [-0.4, -0.2) is 17.0 Å². The summed E-state index contributed by atoms with van der Waals surface area (Å²) in [6.07, 6.45) is -2.88. The zero-order valence-corrected chi connectivity index (χ0v) is 11.8. The Morgan fingerprint density at radius 2 is 1.85 bits per heavy atom. The normalized spacial score (nSPS) is 11.2. The van der Waals surface area contributed by atoms with Gasteiger partial charge in [-0.05, 0) is 40.2 Å². The lowest BCUT2D eigenvalue weighted by atomic mass is 10.2. The Labute approximate surface area is 121 Å². The van der Waals surface area contributed by atoms with E-state index in [0.29, 0.717) is 10.4 Å². The molecule has 0 aliphatic carbocycles. The summed E-state index contributed by atoms with van der Waals surface area (Å²) in [5.74, 6) is 0.804. The predicted octanol–water partition coefficient (Wildman–Crippen LogP) is 4.09. The van der Waals surface area contributed by atoms with Crippen molar-refractivity contribution in [1.29, 1.82) is 0 Å². The van der Waals surface area contributed by atoms with Crippen molar-refractivity contribution >= 4 is 21.9 Å². The second-order valence-electron chi connectivity index (χ2n) is 3.72. The molecule has 2 aromatic rings. The minimum atomic E-state index is -4.37. The molecule has 0 unspecified atom stereocenters. The van der Waals surface area contributed by atoms with Crippen LogP contribution in [0.5, 0.6) is 11.6 Å². The number of hydrogen-bond acceptors (Lipinski definition) is 4. The van der Waals surface area contributed by atoms with E-state index in [1.165, 1.54) is 18.3 Å². The fourth-order valence-electron chi connectivity index (χ4n) is 1.37. The first kappa shape index (κ1) is 14.6. The number of rotatable bonds is 3. The molecule has 0 aliphatic rings. The summed E-state index contributed by atoms with van der Waals surface area (Å²) < 4.78 is 43.2. The topological polar surface area (TPSA) is 47.0 Å². The number of nitrogens with one attached hydrogen (secondary N) is 1. The quantitative estimate of drug-likeness (QED) is 0.908. The van der Waals surface area contributed by atoms with Crippen LogP contribution in [0.2, 0.25) is 0 Å². The third kappa shape index (κ3) is 3.38. The highest BCUT2D eigenvalue weighted by atomic mass is 79.9. The summed E-state index contributed by atoms with van der Waals surface area (Å²) >= 11 is 3.21. The monoisotopic (exact) mass is 347 g/mol. The maximum absolute atomic E-state index is 12.4. The summed E-state index contributed by atoms with van der Waals surface area (Å²) in [6, 6.07) is 4.36. The molecule has 1 aromatic heterocycles. The number of aromatic nitrogens is 2. The first-order valence-corrected chi connectivity index (χ1v) is 6.25. The standard InChI is InChI=1S/C12H9BrF3N3O/c1-17-11-18-6-9(13)10(19-11)20-8-4-2-7(3-5-8)12(14,15)16/h2-6H,1H3,(H,17,18,19). The molecule has 0 saturated carbocycles. The van der Waals surface area contributed by atoms with Gasteiger partial charge in [-0.25, -0.2) is 4.98 Å². The number of anilines is 1. The molecule has 0 fully saturated rings. The zero-order chi connectivity index (χ0) is 14.8. The van der Waals surface area contributed by atoms with E-state index in [-0.39, 0.29) is 11.6 Å². The van der Waals surface area contributed by atoms with E-state index in [9.17, 15) is 13.2 Å². The molecule has 0 atom stereocenters. The Morgan fingerprint density at radius 3 is 2.40 bits per heavy atom. The van der Waals surface area contributed by atoms with E-state index < -0.39 is 11.7 Å². The van der Waals surface area contributed by atoms with Crippen LogP contribution >= 0.6 is 15.9 Å². The molecular weight excluding hydrogens is 339 g/mol. The number of halogens is 4. The molecular formula is C12H9BrF3N3O. The van der Waals surface area contributed by atoms with Crippen molar-refractivity contribution in [3.8, 4) is 11.6 Å². The van der Waals surface area contributed by atoms with Crippen LogP contribution in [0, 0.1) is 0 Å². The van der Waals surface area contributed by atoms with Crippen LogP contribution in [0.15, 0.2) is 34.9 Å². The number of nitrogens with zero attached hydrogens (tertiary/aromatic N) is 2. The molecule has 8 heteroatoms. The van der Waals surface area contributed by atoms with Crippen molar-refractivity contribution in [2.75, 3.05) is 12.4 Å². The van der Waals surface area contributed by atoms with Crippen LogP contribution in [0.4, 0.5) is 19.1 Å². The second kappa shape index (κ2) is 5.66. The molecule has 1 N–H and O–H groups in total. The summed E-state index contributed by atoms with van der Waals surface area (Å²) in [5.41, 5.74) is -0.734. The van der Waals surface area contributed by atoms with Gasteiger partial charge in [0.25, 0.3) is 0 Å². The van der Waals surface area contributed by atoms with E-state index in [0.717, 1.165) is 12.1 Å². The van der Waals surface area contributed by atoms with Gasteiger partial charge in [-0.3, -0.25) is 0 Å². The molecule has 1 heterocycles. The Bertz CT molecular complexity index is 602. The minimum absolute atomic E-state index is 0.212. The second-order valence-corrected chi connectivity index (χ2v) is 4.58. The van der Waals surface area contributed by atoms with Gasteiger partial charge in [0.15, 0.2) is 0 Å². The summed E-state index contributed by atoms with van der Waals surface area (Å²) in [5, 5.41) is 2.74. The lowest BCUT2D eigenvalue weighted by Gasteiger charge is -2.09. The van der Waals surface area contributed by atoms with Gasteiger partial charge in [0.05, 0.1) is 16.2 Å². The largest absolute Gasteiger partial charge is 0.438 e. The fraction of sp³-hybridized carbons (Fsp3) is 0.167. The lowest BCUT2D eigenvalue weighted by Crippen LogP contribution is -2.04. The molecule has 0 bridgehead atoms. The summed E-state index contributed by atoms with van der Waals surface area (Å²) in [4.78, 5) is 7.99. The first-order valence-electron chi connectivity index (χ1n) is 5.45. The van der Waals surface area contributed by atoms with Crippen molar-refractivity contribution in [3.05, 3.63) is 40.5 Å². The fourth-order valence-corrected chi connectivity index (χ4v) is 1.64. The summed E-state index contributed by atoms with van der Waals surface area (Å²) in [7, 11) is 1.64. The van der Waals surface area contributed by atoms with Gasteiger partial charge < -0.3 is 10.1 Å². The Balaban J connectivity index is 2.22. The van der Waals surface area contributed by atoms with Crippen LogP contribution < -0.4 is 10.1 Å². The highest BCUT2D eigenvalue weighted by Gasteiger charge is 2.30.